The van der Waals surface area contributed by atoms with E-state index in [4.69, 9.17) is 4.74 Å². The Morgan fingerprint density at radius 1 is 1.24 bits per heavy atom. The molecule has 0 aliphatic carbocycles. The number of carbonyl (C=O) groups excluding carboxylic acids is 1. The summed E-state index contributed by atoms with van der Waals surface area (Å²) in [6, 6.07) is 8.73. The van der Waals surface area contributed by atoms with E-state index in [1.807, 2.05) is 6.92 Å². The van der Waals surface area contributed by atoms with Crippen molar-refractivity contribution in [3.8, 4) is 23.1 Å². The lowest BCUT2D eigenvalue weighted by Crippen LogP contribution is -2.15. The van der Waals surface area contributed by atoms with Crippen LogP contribution in [0.2, 0.25) is 0 Å². The number of benzene rings is 1. The molecule has 13 heteroatoms. The molecule has 0 spiro atoms. The molecule has 0 aliphatic rings. The number of nitrogens with zero attached hydrogens (tertiary/aromatic N) is 4. The number of halogens is 3. The minimum absolute atomic E-state index is 0.0252. The summed E-state index contributed by atoms with van der Waals surface area (Å²) >= 11 is 3.41. The summed E-state index contributed by atoms with van der Waals surface area (Å²) in [6.07, 6.45) is -4.77. The zero-order valence-corrected chi connectivity index (χ0v) is 19.7. The molecule has 3 aromatic rings. The Morgan fingerprint density at radius 2 is 1.97 bits per heavy atom. The van der Waals surface area contributed by atoms with Crippen molar-refractivity contribution in [2.45, 2.75) is 22.5 Å². The van der Waals surface area contributed by atoms with Gasteiger partial charge in [0.2, 0.25) is 11.0 Å². The fourth-order valence-electron chi connectivity index (χ4n) is 2.60. The van der Waals surface area contributed by atoms with Gasteiger partial charge < -0.3 is 4.74 Å². The predicted octanol–water partition coefficient (Wildman–Crippen LogP) is 5.34. The van der Waals surface area contributed by atoms with Crippen molar-refractivity contribution in [1.82, 2.24) is 15.2 Å². The number of anilines is 1. The SMILES string of the molecule is CCSc1nnc(NC(=O)CSc2nc(-c3ccc(OC)cc3)cc(C(F)(F)F)c2C#N)s1. The number of nitrogens with one attached hydrogen (secondary N) is 1. The summed E-state index contributed by atoms with van der Waals surface area (Å²) in [5.41, 5.74) is -1.31. The Bertz CT molecular complexity index is 1180. The van der Waals surface area contributed by atoms with E-state index >= 15 is 0 Å². The first kappa shape index (κ1) is 24.8. The molecular formula is C20H16F3N5O2S3. The van der Waals surface area contributed by atoms with Crippen LogP contribution in [-0.2, 0) is 11.0 Å². The topological polar surface area (TPSA) is 101 Å². The second kappa shape index (κ2) is 10.9. The maximum absolute atomic E-state index is 13.7. The van der Waals surface area contributed by atoms with Crippen LogP contribution in [0.1, 0.15) is 18.1 Å². The van der Waals surface area contributed by atoms with Gasteiger partial charge in [0.05, 0.1) is 29.7 Å². The van der Waals surface area contributed by atoms with Crippen LogP contribution in [0, 0.1) is 11.3 Å². The first-order valence-electron chi connectivity index (χ1n) is 9.30. The molecule has 0 aliphatic heterocycles. The van der Waals surface area contributed by atoms with Crippen LogP contribution in [0.15, 0.2) is 39.7 Å². The molecule has 33 heavy (non-hydrogen) atoms. The third-order valence-electron chi connectivity index (χ3n) is 4.05. The molecule has 0 unspecified atom stereocenters. The maximum atomic E-state index is 13.7. The number of hydrogen-bond acceptors (Lipinski definition) is 9. The zero-order chi connectivity index (χ0) is 24.0. The third kappa shape index (κ3) is 6.37. The molecule has 1 aromatic carbocycles. The van der Waals surface area contributed by atoms with Gasteiger partial charge in [0.25, 0.3) is 0 Å². The molecule has 0 bridgehead atoms. The molecule has 0 fully saturated rings. The molecule has 0 atom stereocenters. The van der Waals surface area contributed by atoms with Gasteiger partial charge in [-0.05, 0) is 36.1 Å². The number of rotatable bonds is 8. The molecule has 3 rings (SSSR count). The van der Waals surface area contributed by atoms with Gasteiger partial charge in [0, 0.05) is 5.56 Å². The summed E-state index contributed by atoms with van der Waals surface area (Å²) < 4.78 is 46.8. The van der Waals surface area contributed by atoms with Crippen molar-refractivity contribution < 1.29 is 22.7 Å². The van der Waals surface area contributed by atoms with Crippen molar-refractivity contribution in [3.63, 3.8) is 0 Å². The van der Waals surface area contributed by atoms with Crippen LogP contribution in [0.4, 0.5) is 18.3 Å². The van der Waals surface area contributed by atoms with E-state index in [1.54, 1.807) is 30.3 Å². The highest BCUT2D eigenvalue weighted by atomic mass is 32.2. The summed E-state index contributed by atoms with van der Waals surface area (Å²) in [5, 5.41) is 19.8. The summed E-state index contributed by atoms with van der Waals surface area (Å²) in [4.78, 5) is 16.6. The average Bonchev–Trinajstić information content (AvgIpc) is 3.23. The number of alkyl halides is 3. The normalized spacial score (nSPS) is 11.2. The second-order valence-electron chi connectivity index (χ2n) is 6.22. The fraction of sp³-hybridized carbons (Fsp3) is 0.250. The van der Waals surface area contributed by atoms with Gasteiger partial charge in [-0.3, -0.25) is 10.1 Å². The molecule has 7 nitrogen and oxygen atoms in total. The highest BCUT2D eigenvalue weighted by Gasteiger charge is 2.36. The molecular weight excluding hydrogens is 495 g/mol. The van der Waals surface area contributed by atoms with Crippen LogP contribution >= 0.6 is 34.9 Å². The number of ether oxygens (including phenoxy) is 1. The molecule has 172 valence electrons. The summed E-state index contributed by atoms with van der Waals surface area (Å²) in [6.45, 7) is 1.95. The molecule has 1 N–H and O–H groups in total. The minimum atomic E-state index is -4.77. The number of carbonyl (C=O) groups is 1. The number of aromatic nitrogens is 3. The Labute approximate surface area is 199 Å². The van der Waals surface area contributed by atoms with Crippen molar-refractivity contribution in [2.75, 3.05) is 23.9 Å². The van der Waals surface area contributed by atoms with E-state index in [0.29, 0.717) is 15.7 Å². The summed E-state index contributed by atoms with van der Waals surface area (Å²) in [5.74, 6) is 0.568. The van der Waals surface area contributed by atoms with Crippen molar-refractivity contribution in [2.24, 2.45) is 0 Å². The lowest BCUT2D eigenvalue weighted by Gasteiger charge is -2.14. The van der Waals surface area contributed by atoms with E-state index in [0.717, 1.165) is 23.6 Å². The summed E-state index contributed by atoms with van der Waals surface area (Å²) in [7, 11) is 1.47. The van der Waals surface area contributed by atoms with Gasteiger partial charge in [-0.1, -0.05) is 41.8 Å². The van der Waals surface area contributed by atoms with Crippen LogP contribution in [0.25, 0.3) is 11.3 Å². The van der Waals surface area contributed by atoms with Crippen molar-refractivity contribution in [3.05, 3.63) is 41.5 Å². The third-order valence-corrected chi connectivity index (χ3v) is 6.88. The Balaban J connectivity index is 1.87. The molecule has 0 radical (unpaired) electrons. The number of amides is 1. The van der Waals surface area contributed by atoms with Gasteiger partial charge in [0.1, 0.15) is 16.8 Å². The van der Waals surface area contributed by atoms with Gasteiger partial charge in [0.15, 0.2) is 4.34 Å². The first-order chi connectivity index (χ1) is 15.7. The second-order valence-corrected chi connectivity index (χ2v) is 9.67. The van der Waals surface area contributed by atoms with Crippen LogP contribution in [0.5, 0.6) is 5.75 Å². The quantitative estimate of drug-likeness (QED) is 0.319. The Morgan fingerprint density at radius 3 is 2.58 bits per heavy atom. The highest BCUT2D eigenvalue weighted by molar-refractivity contribution is 8.01. The van der Waals surface area contributed by atoms with Crippen LogP contribution < -0.4 is 10.1 Å². The molecule has 2 heterocycles. The van der Waals surface area contributed by atoms with Crippen LogP contribution in [0.3, 0.4) is 0 Å². The first-order valence-corrected chi connectivity index (χ1v) is 12.1. The predicted molar refractivity (Wildman–Crippen MR) is 122 cm³/mol. The van der Waals surface area contributed by atoms with E-state index in [2.05, 4.69) is 20.5 Å². The number of methoxy groups -OCH3 is 1. The molecule has 0 saturated carbocycles. The average molecular weight is 512 g/mol. The Hall–Kier alpha value is -2.82. The fourth-order valence-corrected chi connectivity index (χ4v) is 5.07. The highest BCUT2D eigenvalue weighted by Crippen LogP contribution is 2.38. The Kier molecular flexibility index (Phi) is 8.17. The van der Waals surface area contributed by atoms with Crippen molar-refractivity contribution in [1.29, 1.82) is 5.26 Å². The lowest BCUT2D eigenvalue weighted by atomic mass is 10.1. The monoisotopic (exact) mass is 511 g/mol. The minimum Gasteiger partial charge on any atom is -0.497 e. The number of pyridine rings is 1. The molecule has 1 amide bonds. The van der Waals surface area contributed by atoms with Crippen LogP contribution in [-0.4, -0.2) is 39.7 Å². The van der Waals surface area contributed by atoms with Gasteiger partial charge in [-0.2, -0.15) is 18.4 Å². The van der Waals surface area contributed by atoms with E-state index in [9.17, 15) is 23.2 Å². The lowest BCUT2D eigenvalue weighted by molar-refractivity contribution is -0.138. The standard InChI is InChI=1S/C20H16F3N5O2S3/c1-3-31-19-28-27-18(33-19)26-16(29)10-32-17-13(9-24)14(20(21,22)23)8-15(25-17)11-4-6-12(30-2)7-5-11/h4-8H,3,10H2,1-2H3,(H,26,27,29). The van der Waals surface area contributed by atoms with E-state index in [1.165, 1.54) is 30.2 Å². The number of nitriles is 1. The van der Waals surface area contributed by atoms with Crippen molar-refractivity contribution >= 4 is 45.9 Å². The molecule has 0 saturated heterocycles. The zero-order valence-electron chi connectivity index (χ0n) is 17.3. The van der Waals surface area contributed by atoms with Gasteiger partial charge >= 0.3 is 6.18 Å². The van der Waals surface area contributed by atoms with Gasteiger partial charge in [-0.15, -0.1) is 10.2 Å². The molecule has 2 aromatic heterocycles. The largest absolute Gasteiger partial charge is 0.497 e. The smallest absolute Gasteiger partial charge is 0.417 e. The maximum Gasteiger partial charge on any atom is 0.417 e. The van der Waals surface area contributed by atoms with E-state index in [-0.39, 0.29) is 21.6 Å². The van der Waals surface area contributed by atoms with E-state index < -0.39 is 23.2 Å². The number of hydrogen-bond donors (Lipinski definition) is 1. The van der Waals surface area contributed by atoms with Gasteiger partial charge in [-0.25, -0.2) is 4.98 Å². The number of thioether (sulfide) groups is 2.